The maximum Gasteiger partial charge on any atom is 0.251 e. The third-order valence-electron chi connectivity index (χ3n) is 4.13. The van der Waals surface area contributed by atoms with Crippen molar-refractivity contribution in [1.29, 1.82) is 0 Å². The van der Waals surface area contributed by atoms with Crippen LogP contribution in [0.1, 0.15) is 29.3 Å². The minimum absolute atomic E-state index is 0.153. The van der Waals surface area contributed by atoms with E-state index in [0.717, 1.165) is 21.2 Å². The van der Waals surface area contributed by atoms with Gasteiger partial charge in [0.05, 0.1) is 6.26 Å². The van der Waals surface area contributed by atoms with Crippen molar-refractivity contribution in [2.45, 2.75) is 24.0 Å². The van der Waals surface area contributed by atoms with E-state index in [1.165, 1.54) is 10.6 Å². The fourth-order valence-electron chi connectivity index (χ4n) is 2.57. The van der Waals surface area contributed by atoms with Gasteiger partial charge in [-0.25, -0.2) is 12.7 Å². The Morgan fingerprint density at radius 2 is 1.75 bits per heavy atom. The van der Waals surface area contributed by atoms with E-state index >= 15 is 0 Å². The molecule has 0 aliphatic rings. The number of carbonyl (C=O) groups excluding carboxylic acids is 1. The van der Waals surface area contributed by atoms with Crippen molar-refractivity contribution in [3.05, 3.63) is 64.7 Å². The number of carbonyl (C=O) groups is 1. The second-order valence-electron chi connectivity index (χ2n) is 6.30. The Labute approximate surface area is 176 Å². The Morgan fingerprint density at radius 1 is 1.11 bits per heavy atom. The molecule has 5 nitrogen and oxygen atoms in total. The molecule has 2 rings (SSSR count). The van der Waals surface area contributed by atoms with Crippen LogP contribution in [-0.2, 0) is 15.8 Å². The van der Waals surface area contributed by atoms with E-state index in [1.54, 1.807) is 18.7 Å². The summed E-state index contributed by atoms with van der Waals surface area (Å²) in [5.41, 5.74) is 1.72. The molecule has 8 heteroatoms. The number of hydrogen-bond donors (Lipinski definition) is 1. The SMILES string of the molecule is CCN(CCCNC(=O)c1ccc(CSc2ccc(Cl)cc2)cc1)S(C)(=O)=O. The molecule has 0 saturated carbocycles. The number of nitrogens with zero attached hydrogens (tertiary/aromatic N) is 1. The lowest BCUT2D eigenvalue weighted by molar-refractivity contribution is 0.0953. The van der Waals surface area contributed by atoms with Gasteiger partial charge in [0.1, 0.15) is 0 Å². The van der Waals surface area contributed by atoms with Gasteiger partial charge in [-0.2, -0.15) is 0 Å². The molecule has 2 aromatic rings. The maximum atomic E-state index is 12.2. The van der Waals surface area contributed by atoms with Crippen LogP contribution in [0.3, 0.4) is 0 Å². The molecule has 0 saturated heterocycles. The van der Waals surface area contributed by atoms with Gasteiger partial charge < -0.3 is 5.32 Å². The summed E-state index contributed by atoms with van der Waals surface area (Å²) in [6.07, 6.45) is 1.77. The number of benzene rings is 2. The van der Waals surface area contributed by atoms with Crippen molar-refractivity contribution in [2.24, 2.45) is 0 Å². The predicted molar refractivity (Wildman–Crippen MR) is 116 cm³/mol. The van der Waals surface area contributed by atoms with E-state index in [0.29, 0.717) is 31.6 Å². The van der Waals surface area contributed by atoms with Crippen molar-refractivity contribution in [2.75, 3.05) is 25.9 Å². The highest BCUT2D eigenvalue weighted by Gasteiger charge is 2.13. The highest BCUT2D eigenvalue weighted by Crippen LogP contribution is 2.24. The lowest BCUT2D eigenvalue weighted by Crippen LogP contribution is -2.33. The molecule has 1 amide bonds. The minimum atomic E-state index is -3.19. The topological polar surface area (TPSA) is 66.5 Å². The van der Waals surface area contributed by atoms with Crippen LogP contribution in [0.2, 0.25) is 5.02 Å². The molecule has 0 spiro atoms. The molecule has 0 radical (unpaired) electrons. The summed E-state index contributed by atoms with van der Waals surface area (Å²) in [4.78, 5) is 13.4. The van der Waals surface area contributed by atoms with Crippen LogP contribution >= 0.6 is 23.4 Å². The molecule has 0 fully saturated rings. The molecule has 152 valence electrons. The molecular weight excluding hydrogens is 416 g/mol. The Morgan fingerprint density at radius 3 is 2.32 bits per heavy atom. The Kier molecular flexibility index (Phi) is 8.82. The van der Waals surface area contributed by atoms with Crippen LogP contribution in [0.4, 0.5) is 0 Å². The molecule has 28 heavy (non-hydrogen) atoms. The van der Waals surface area contributed by atoms with E-state index in [2.05, 4.69) is 5.32 Å². The zero-order valence-electron chi connectivity index (χ0n) is 16.0. The van der Waals surface area contributed by atoms with Crippen molar-refractivity contribution in [1.82, 2.24) is 9.62 Å². The minimum Gasteiger partial charge on any atom is -0.352 e. The third-order valence-corrected chi connectivity index (χ3v) is 6.84. The normalized spacial score (nSPS) is 11.6. The average Bonchev–Trinajstić information content (AvgIpc) is 2.66. The molecule has 1 N–H and O–H groups in total. The van der Waals surface area contributed by atoms with Crippen LogP contribution < -0.4 is 5.32 Å². The highest BCUT2D eigenvalue weighted by molar-refractivity contribution is 7.98. The molecular formula is C20H25ClN2O3S2. The van der Waals surface area contributed by atoms with Crippen molar-refractivity contribution in [3.8, 4) is 0 Å². The fraction of sp³-hybridized carbons (Fsp3) is 0.350. The van der Waals surface area contributed by atoms with Gasteiger partial charge in [0.25, 0.3) is 5.91 Å². The smallest absolute Gasteiger partial charge is 0.251 e. The summed E-state index contributed by atoms with van der Waals surface area (Å²) >= 11 is 7.59. The number of nitrogens with one attached hydrogen (secondary N) is 1. The van der Waals surface area contributed by atoms with Gasteiger partial charge in [-0.05, 0) is 48.4 Å². The van der Waals surface area contributed by atoms with Gasteiger partial charge >= 0.3 is 0 Å². The number of thioether (sulfide) groups is 1. The van der Waals surface area contributed by atoms with Crippen LogP contribution in [0.5, 0.6) is 0 Å². The van der Waals surface area contributed by atoms with E-state index in [4.69, 9.17) is 11.6 Å². The van der Waals surface area contributed by atoms with E-state index in [-0.39, 0.29) is 5.91 Å². The number of amides is 1. The summed E-state index contributed by atoms with van der Waals surface area (Å²) < 4.78 is 24.5. The van der Waals surface area contributed by atoms with E-state index in [9.17, 15) is 13.2 Å². The third kappa shape index (κ3) is 7.47. The maximum absolute atomic E-state index is 12.2. The zero-order chi connectivity index (χ0) is 20.6. The van der Waals surface area contributed by atoms with Crippen LogP contribution in [-0.4, -0.2) is 44.5 Å². The summed E-state index contributed by atoms with van der Waals surface area (Å²) in [7, 11) is -3.19. The Hall–Kier alpha value is -1.54. The van der Waals surface area contributed by atoms with Gasteiger partial charge in [-0.3, -0.25) is 4.79 Å². The Bertz CT molecular complexity index is 869. The van der Waals surface area contributed by atoms with Gasteiger partial charge in [-0.15, -0.1) is 11.8 Å². The first-order valence-electron chi connectivity index (χ1n) is 9.00. The van der Waals surface area contributed by atoms with Crippen molar-refractivity contribution < 1.29 is 13.2 Å². The van der Waals surface area contributed by atoms with Gasteiger partial charge in [0, 0.05) is 40.9 Å². The molecule has 0 unspecified atom stereocenters. The number of sulfonamides is 1. The predicted octanol–water partition coefficient (Wildman–Crippen LogP) is 4.03. The summed E-state index contributed by atoms with van der Waals surface area (Å²) in [5, 5.41) is 3.56. The summed E-state index contributed by atoms with van der Waals surface area (Å²) in [6, 6.07) is 15.2. The van der Waals surface area contributed by atoms with Crippen LogP contribution in [0.25, 0.3) is 0 Å². The molecule has 0 heterocycles. The number of hydrogen-bond acceptors (Lipinski definition) is 4. The second kappa shape index (κ2) is 10.9. The van der Waals surface area contributed by atoms with E-state index in [1.807, 2.05) is 48.5 Å². The molecule has 2 aromatic carbocycles. The second-order valence-corrected chi connectivity index (χ2v) is 9.77. The molecule has 0 aliphatic heterocycles. The fourth-order valence-corrected chi connectivity index (χ4v) is 4.48. The molecule has 0 bridgehead atoms. The van der Waals surface area contributed by atoms with Crippen LogP contribution in [0, 0.1) is 0 Å². The average molecular weight is 441 g/mol. The number of rotatable bonds is 10. The lowest BCUT2D eigenvalue weighted by Gasteiger charge is -2.17. The quantitative estimate of drug-likeness (QED) is 0.447. The monoisotopic (exact) mass is 440 g/mol. The summed E-state index contributed by atoms with van der Waals surface area (Å²) in [6.45, 7) is 3.06. The Balaban J connectivity index is 1.77. The first-order chi connectivity index (χ1) is 13.3. The van der Waals surface area contributed by atoms with Crippen LogP contribution in [0.15, 0.2) is 53.4 Å². The van der Waals surface area contributed by atoms with Crippen molar-refractivity contribution in [3.63, 3.8) is 0 Å². The van der Waals surface area contributed by atoms with E-state index < -0.39 is 10.0 Å². The summed E-state index contributed by atoms with van der Waals surface area (Å²) in [5.74, 6) is 0.654. The lowest BCUT2D eigenvalue weighted by atomic mass is 10.1. The van der Waals surface area contributed by atoms with Gasteiger partial charge in [-0.1, -0.05) is 30.7 Å². The molecule has 0 aromatic heterocycles. The van der Waals surface area contributed by atoms with Gasteiger partial charge in [0.15, 0.2) is 0 Å². The standard InChI is InChI=1S/C20H25ClN2O3S2/c1-3-23(28(2,25)26)14-4-13-22-20(24)17-7-5-16(6-8-17)15-27-19-11-9-18(21)10-12-19/h5-12H,3-4,13-15H2,1-2H3,(H,22,24). The first kappa shape index (κ1) is 22.7. The zero-order valence-corrected chi connectivity index (χ0v) is 18.4. The van der Waals surface area contributed by atoms with Crippen molar-refractivity contribution >= 4 is 39.3 Å². The highest BCUT2D eigenvalue weighted by atomic mass is 35.5. The van der Waals surface area contributed by atoms with Gasteiger partial charge in [0.2, 0.25) is 10.0 Å². The number of halogens is 1. The first-order valence-corrected chi connectivity index (χ1v) is 12.2. The molecule has 0 atom stereocenters. The molecule has 0 aliphatic carbocycles. The largest absolute Gasteiger partial charge is 0.352 e.